The average molecular weight is 220 g/mol. The highest BCUT2D eigenvalue weighted by Gasteiger charge is 2.46. The molecule has 86 valence electrons. The Bertz CT molecular complexity index is 374. The van der Waals surface area contributed by atoms with Crippen LogP contribution in [0.15, 0.2) is 30.3 Å². The van der Waals surface area contributed by atoms with Crippen LogP contribution in [0.4, 0.5) is 4.79 Å². The van der Waals surface area contributed by atoms with E-state index in [-0.39, 0.29) is 6.10 Å². The third-order valence-electron chi connectivity index (χ3n) is 3.20. The van der Waals surface area contributed by atoms with Gasteiger partial charge in [-0.3, -0.25) is 0 Å². The number of benzene rings is 1. The predicted molar refractivity (Wildman–Crippen MR) is 60.2 cm³/mol. The highest BCUT2D eigenvalue weighted by atomic mass is 16.8. The summed E-state index contributed by atoms with van der Waals surface area (Å²) in [6, 6.07) is 10.00. The van der Waals surface area contributed by atoms with Gasteiger partial charge in [-0.15, -0.1) is 0 Å². The average Bonchev–Trinajstić information content (AvgIpc) is 2.56. The van der Waals surface area contributed by atoms with Crippen molar-refractivity contribution in [2.24, 2.45) is 0 Å². The van der Waals surface area contributed by atoms with Gasteiger partial charge < -0.3 is 9.47 Å². The monoisotopic (exact) mass is 220 g/mol. The van der Waals surface area contributed by atoms with Crippen molar-refractivity contribution in [3.63, 3.8) is 0 Å². The zero-order chi connectivity index (χ0) is 11.6. The molecule has 0 bridgehead atoms. The van der Waals surface area contributed by atoms with Crippen LogP contribution in [0, 0.1) is 0 Å². The molecule has 1 fully saturated rings. The van der Waals surface area contributed by atoms with E-state index in [1.807, 2.05) is 44.2 Å². The van der Waals surface area contributed by atoms with Gasteiger partial charge in [0.1, 0.15) is 11.7 Å². The lowest BCUT2D eigenvalue weighted by atomic mass is 9.91. The van der Waals surface area contributed by atoms with Crippen molar-refractivity contribution in [1.29, 1.82) is 0 Å². The SMILES string of the molecule is CCC1(C)OC(=O)OC1Cc1ccccc1. The summed E-state index contributed by atoms with van der Waals surface area (Å²) in [5.74, 6) is 0. The van der Waals surface area contributed by atoms with Gasteiger partial charge in [-0.1, -0.05) is 37.3 Å². The van der Waals surface area contributed by atoms with Crippen LogP contribution in [0.2, 0.25) is 0 Å². The molecule has 3 nitrogen and oxygen atoms in total. The molecule has 0 radical (unpaired) electrons. The van der Waals surface area contributed by atoms with E-state index in [0.29, 0.717) is 6.42 Å². The molecule has 0 aromatic heterocycles. The van der Waals surface area contributed by atoms with Gasteiger partial charge in [-0.25, -0.2) is 4.79 Å². The first-order chi connectivity index (χ1) is 7.64. The molecule has 2 unspecified atom stereocenters. The summed E-state index contributed by atoms with van der Waals surface area (Å²) in [4.78, 5) is 11.2. The van der Waals surface area contributed by atoms with E-state index in [2.05, 4.69) is 0 Å². The molecule has 1 heterocycles. The van der Waals surface area contributed by atoms with Gasteiger partial charge in [0, 0.05) is 6.42 Å². The van der Waals surface area contributed by atoms with E-state index in [9.17, 15) is 4.79 Å². The Labute approximate surface area is 95.4 Å². The van der Waals surface area contributed by atoms with Crippen LogP contribution >= 0.6 is 0 Å². The topological polar surface area (TPSA) is 35.5 Å². The molecule has 1 aromatic carbocycles. The fourth-order valence-corrected chi connectivity index (χ4v) is 1.91. The second-order valence-corrected chi connectivity index (χ2v) is 4.31. The number of hydrogen-bond acceptors (Lipinski definition) is 3. The number of rotatable bonds is 3. The van der Waals surface area contributed by atoms with Gasteiger partial charge >= 0.3 is 6.16 Å². The van der Waals surface area contributed by atoms with Crippen molar-refractivity contribution < 1.29 is 14.3 Å². The Morgan fingerprint density at radius 3 is 2.62 bits per heavy atom. The van der Waals surface area contributed by atoms with Crippen LogP contribution in [0.5, 0.6) is 0 Å². The summed E-state index contributed by atoms with van der Waals surface area (Å²) in [7, 11) is 0. The fourth-order valence-electron chi connectivity index (χ4n) is 1.91. The number of ether oxygens (including phenoxy) is 2. The number of carbonyl (C=O) groups excluding carboxylic acids is 1. The third kappa shape index (κ3) is 2.03. The standard InChI is InChI=1S/C13H16O3/c1-3-13(2)11(15-12(14)16-13)9-10-7-5-4-6-8-10/h4-8,11H,3,9H2,1-2H3. The van der Waals surface area contributed by atoms with E-state index in [0.717, 1.165) is 12.0 Å². The van der Waals surface area contributed by atoms with Crippen LogP contribution in [-0.2, 0) is 15.9 Å². The maximum Gasteiger partial charge on any atom is 0.509 e. The molecule has 2 atom stereocenters. The number of cyclic esters (lactones) is 2. The lowest BCUT2D eigenvalue weighted by molar-refractivity contribution is 0.0427. The second kappa shape index (κ2) is 4.16. The second-order valence-electron chi connectivity index (χ2n) is 4.31. The van der Waals surface area contributed by atoms with Gasteiger partial charge in [0.05, 0.1) is 0 Å². The lowest BCUT2D eigenvalue weighted by Crippen LogP contribution is -2.37. The Hall–Kier alpha value is -1.51. The van der Waals surface area contributed by atoms with Crippen LogP contribution in [-0.4, -0.2) is 17.9 Å². The summed E-state index contributed by atoms with van der Waals surface area (Å²) in [5, 5.41) is 0. The van der Waals surface area contributed by atoms with E-state index < -0.39 is 11.8 Å². The van der Waals surface area contributed by atoms with Crippen LogP contribution in [0.3, 0.4) is 0 Å². The summed E-state index contributed by atoms with van der Waals surface area (Å²) in [6.45, 7) is 3.92. The van der Waals surface area contributed by atoms with E-state index in [4.69, 9.17) is 9.47 Å². The molecule has 0 saturated carbocycles. The summed E-state index contributed by atoms with van der Waals surface area (Å²) >= 11 is 0. The molecule has 0 aliphatic carbocycles. The van der Waals surface area contributed by atoms with Crippen LogP contribution < -0.4 is 0 Å². The van der Waals surface area contributed by atoms with Crippen molar-refractivity contribution in [1.82, 2.24) is 0 Å². The van der Waals surface area contributed by atoms with Crippen molar-refractivity contribution in [2.75, 3.05) is 0 Å². The van der Waals surface area contributed by atoms with Gasteiger partial charge in [-0.05, 0) is 18.9 Å². The first-order valence-corrected chi connectivity index (χ1v) is 5.57. The van der Waals surface area contributed by atoms with Crippen molar-refractivity contribution in [3.05, 3.63) is 35.9 Å². The predicted octanol–water partition coefficient (Wildman–Crippen LogP) is 2.93. The van der Waals surface area contributed by atoms with Crippen molar-refractivity contribution in [2.45, 2.75) is 38.4 Å². The molecule has 0 spiro atoms. The zero-order valence-corrected chi connectivity index (χ0v) is 9.60. The first-order valence-electron chi connectivity index (χ1n) is 5.57. The Balaban J connectivity index is 2.12. The minimum atomic E-state index is -0.551. The molecule has 3 heteroatoms. The smallest absolute Gasteiger partial charge is 0.426 e. The quantitative estimate of drug-likeness (QED) is 0.735. The molecule has 1 aliphatic heterocycles. The van der Waals surface area contributed by atoms with Crippen LogP contribution in [0.25, 0.3) is 0 Å². The molecular formula is C13H16O3. The number of hydrogen-bond donors (Lipinski definition) is 0. The highest BCUT2D eigenvalue weighted by molar-refractivity contribution is 5.63. The minimum absolute atomic E-state index is 0.188. The Morgan fingerprint density at radius 1 is 1.31 bits per heavy atom. The molecule has 16 heavy (non-hydrogen) atoms. The number of carbonyl (C=O) groups is 1. The maximum atomic E-state index is 11.2. The van der Waals surface area contributed by atoms with Crippen LogP contribution in [0.1, 0.15) is 25.8 Å². The summed E-state index contributed by atoms with van der Waals surface area (Å²) in [6.07, 6.45) is 0.727. The van der Waals surface area contributed by atoms with E-state index in [1.54, 1.807) is 0 Å². The summed E-state index contributed by atoms with van der Waals surface area (Å²) < 4.78 is 10.4. The van der Waals surface area contributed by atoms with Crippen molar-refractivity contribution >= 4 is 6.16 Å². The molecule has 2 rings (SSSR count). The van der Waals surface area contributed by atoms with Gasteiger partial charge in [-0.2, -0.15) is 0 Å². The normalized spacial score (nSPS) is 28.6. The molecule has 1 aliphatic rings. The lowest BCUT2D eigenvalue weighted by Gasteiger charge is -2.25. The molecule has 1 aromatic rings. The highest BCUT2D eigenvalue weighted by Crippen LogP contribution is 2.32. The van der Waals surface area contributed by atoms with Gasteiger partial charge in [0.2, 0.25) is 0 Å². The Kier molecular flexibility index (Phi) is 2.86. The minimum Gasteiger partial charge on any atom is -0.426 e. The molecule has 1 saturated heterocycles. The molecule has 0 amide bonds. The van der Waals surface area contributed by atoms with Gasteiger partial charge in [0.15, 0.2) is 0 Å². The largest absolute Gasteiger partial charge is 0.509 e. The van der Waals surface area contributed by atoms with E-state index in [1.165, 1.54) is 0 Å². The zero-order valence-electron chi connectivity index (χ0n) is 9.60. The molecule has 0 N–H and O–H groups in total. The van der Waals surface area contributed by atoms with E-state index >= 15 is 0 Å². The first kappa shape index (κ1) is 11.0. The van der Waals surface area contributed by atoms with Crippen molar-refractivity contribution in [3.8, 4) is 0 Å². The van der Waals surface area contributed by atoms with Gasteiger partial charge in [0.25, 0.3) is 0 Å². The Morgan fingerprint density at radius 2 is 2.00 bits per heavy atom. The fraction of sp³-hybridized carbons (Fsp3) is 0.462. The summed E-state index contributed by atoms with van der Waals surface area (Å²) in [5.41, 5.74) is 0.665. The third-order valence-corrected chi connectivity index (χ3v) is 3.20. The molecular weight excluding hydrogens is 204 g/mol. The maximum absolute atomic E-state index is 11.2.